The minimum atomic E-state index is -0.418. The van der Waals surface area contributed by atoms with E-state index in [1.807, 2.05) is 45.0 Å². The number of carbonyl (C=O) groups is 1. The van der Waals surface area contributed by atoms with Gasteiger partial charge in [0, 0.05) is 30.1 Å². The monoisotopic (exact) mass is 432 g/mol. The Kier molecular flexibility index (Phi) is 5.65. The first-order chi connectivity index (χ1) is 15.3. The fourth-order valence-electron chi connectivity index (χ4n) is 4.06. The van der Waals surface area contributed by atoms with Gasteiger partial charge in [0.2, 0.25) is 5.91 Å². The van der Waals surface area contributed by atoms with Crippen molar-refractivity contribution < 1.29 is 9.18 Å². The molecule has 32 heavy (non-hydrogen) atoms. The molecule has 0 aliphatic carbocycles. The molecule has 0 saturated heterocycles. The highest BCUT2D eigenvalue weighted by atomic mass is 19.1. The number of rotatable bonds is 5. The Labute approximate surface area is 185 Å². The number of benzene rings is 2. The third-order valence-corrected chi connectivity index (χ3v) is 5.73. The molecular weight excluding hydrogens is 407 g/mol. The number of aryl methyl sites for hydroxylation is 4. The smallest absolute Gasteiger partial charge is 0.255 e. The van der Waals surface area contributed by atoms with E-state index in [0.29, 0.717) is 11.3 Å². The van der Waals surface area contributed by atoms with Crippen LogP contribution in [0.2, 0.25) is 0 Å². The molecule has 2 aromatic heterocycles. The highest BCUT2D eigenvalue weighted by Gasteiger charge is 2.20. The van der Waals surface area contributed by atoms with E-state index in [1.165, 1.54) is 18.2 Å². The van der Waals surface area contributed by atoms with Gasteiger partial charge in [-0.05, 0) is 63.1 Å². The van der Waals surface area contributed by atoms with Crippen LogP contribution in [-0.4, -0.2) is 20.3 Å². The van der Waals surface area contributed by atoms with Gasteiger partial charge >= 0.3 is 0 Å². The van der Waals surface area contributed by atoms with Gasteiger partial charge in [0.05, 0.1) is 11.4 Å². The molecule has 0 saturated carbocycles. The van der Waals surface area contributed by atoms with Crippen LogP contribution in [0.1, 0.15) is 28.8 Å². The van der Waals surface area contributed by atoms with Crippen LogP contribution in [0.3, 0.4) is 0 Å². The summed E-state index contributed by atoms with van der Waals surface area (Å²) < 4.78 is 16.7. The number of hydrogen-bond donors (Lipinski definition) is 1. The molecule has 2 aromatic carbocycles. The van der Waals surface area contributed by atoms with E-state index in [4.69, 9.17) is 5.10 Å². The van der Waals surface area contributed by atoms with Gasteiger partial charge in [-0.25, -0.2) is 9.07 Å². The van der Waals surface area contributed by atoms with Gasteiger partial charge in [-0.2, -0.15) is 5.10 Å². The van der Waals surface area contributed by atoms with E-state index in [0.717, 1.165) is 33.5 Å². The van der Waals surface area contributed by atoms with Crippen LogP contribution in [0.15, 0.2) is 53.3 Å². The molecule has 1 N–H and O–H groups in total. The van der Waals surface area contributed by atoms with Gasteiger partial charge < -0.3 is 5.32 Å². The van der Waals surface area contributed by atoms with Gasteiger partial charge in [0.15, 0.2) is 0 Å². The molecule has 2 heterocycles. The average Bonchev–Trinajstić information content (AvgIpc) is 3.10. The molecule has 4 aromatic rings. The summed E-state index contributed by atoms with van der Waals surface area (Å²) in [5.41, 5.74) is 5.22. The second-order valence-electron chi connectivity index (χ2n) is 8.06. The lowest BCUT2D eigenvalue weighted by atomic mass is 10.0. The number of amides is 1. The number of pyridine rings is 1. The highest BCUT2D eigenvalue weighted by Crippen LogP contribution is 2.26. The Hall–Kier alpha value is -3.74. The van der Waals surface area contributed by atoms with Crippen molar-refractivity contribution in [2.75, 3.05) is 5.32 Å². The molecule has 0 bridgehead atoms. The first-order valence-corrected chi connectivity index (χ1v) is 10.5. The summed E-state index contributed by atoms with van der Waals surface area (Å²) in [5, 5.41) is 8.29. The summed E-state index contributed by atoms with van der Waals surface area (Å²) in [6, 6.07) is 13.7. The molecule has 0 spiro atoms. The Morgan fingerprint density at radius 3 is 2.50 bits per heavy atom. The van der Waals surface area contributed by atoms with E-state index < -0.39 is 5.82 Å². The SMILES string of the molecule is Cc1ccc(-n2nc(C)c3c(C)c(CCC(=O)Nc4cccc(F)c4)c(=O)n(C)c32)cc1. The third kappa shape index (κ3) is 3.93. The fraction of sp³-hybridized carbons (Fsp3) is 0.240. The summed E-state index contributed by atoms with van der Waals surface area (Å²) in [7, 11) is 1.73. The van der Waals surface area contributed by atoms with E-state index in [1.54, 1.807) is 22.4 Å². The van der Waals surface area contributed by atoms with Crippen LogP contribution in [0.5, 0.6) is 0 Å². The maximum atomic E-state index is 13.3. The molecule has 0 aliphatic heterocycles. The van der Waals surface area contributed by atoms with Gasteiger partial charge in [-0.1, -0.05) is 23.8 Å². The molecule has 164 valence electrons. The lowest BCUT2D eigenvalue weighted by molar-refractivity contribution is -0.116. The maximum Gasteiger partial charge on any atom is 0.255 e. The molecular formula is C25H25FN4O2. The number of anilines is 1. The number of hydrogen-bond acceptors (Lipinski definition) is 3. The predicted molar refractivity (Wildman–Crippen MR) is 124 cm³/mol. The van der Waals surface area contributed by atoms with Crippen molar-refractivity contribution in [3.05, 3.63) is 87.1 Å². The van der Waals surface area contributed by atoms with Crippen molar-refractivity contribution in [2.45, 2.75) is 33.6 Å². The second-order valence-corrected chi connectivity index (χ2v) is 8.06. The van der Waals surface area contributed by atoms with Gasteiger partial charge in [0.1, 0.15) is 11.5 Å². The van der Waals surface area contributed by atoms with Crippen molar-refractivity contribution in [1.29, 1.82) is 0 Å². The number of nitrogens with one attached hydrogen (secondary N) is 1. The molecule has 0 atom stereocenters. The van der Waals surface area contributed by atoms with Crippen molar-refractivity contribution in [3.8, 4) is 5.69 Å². The first-order valence-electron chi connectivity index (χ1n) is 10.5. The Morgan fingerprint density at radius 1 is 1.09 bits per heavy atom. The van der Waals surface area contributed by atoms with Crippen molar-refractivity contribution >= 4 is 22.6 Å². The van der Waals surface area contributed by atoms with E-state index >= 15 is 0 Å². The summed E-state index contributed by atoms with van der Waals surface area (Å²) in [4.78, 5) is 25.6. The molecule has 0 unspecified atom stereocenters. The molecule has 0 aliphatic rings. The summed E-state index contributed by atoms with van der Waals surface area (Å²) >= 11 is 0. The van der Waals surface area contributed by atoms with Crippen molar-refractivity contribution in [1.82, 2.24) is 14.3 Å². The van der Waals surface area contributed by atoms with Crippen molar-refractivity contribution in [2.24, 2.45) is 7.05 Å². The normalized spacial score (nSPS) is 11.2. The minimum absolute atomic E-state index is 0.114. The van der Waals surface area contributed by atoms with Gasteiger partial charge in [0.25, 0.3) is 5.56 Å². The fourth-order valence-corrected chi connectivity index (χ4v) is 4.06. The first kappa shape index (κ1) is 21.5. The molecule has 0 radical (unpaired) electrons. The summed E-state index contributed by atoms with van der Waals surface area (Å²) in [5.74, 6) is -0.691. The number of fused-ring (bicyclic) bond motifs is 1. The molecule has 4 rings (SSSR count). The topological polar surface area (TPSA) is 68.9 Å². The number of aromatic nitrogens is 3. The number of carbonyl (C=O) groups excluding carboxylic acids is 1. The van der Waals surface area contributed by atoms with Crippen LogP contribution in [0, 0.1) is 26.6 Å². The summed E-state index contributed by atoms with van der Waals surface area (Å²) in [6.07, 6.45) is 0.397. The van der Waals surface area contributed by atoms with E-state index in [9.17, 15) is 14.0 Å². The second kappa shape index (κ2) is 8.42. The zero-order chi connectivity index (χ0) is 23.0. The molecule has 0 fully saturated rings. The van der Waals surface area contributed by atoms with E-state index in [-0.39, 0.29) is 24.3 Å². The highest BCUT2D eigenvalue weighted by molar-refractivity contribution is 5.91. The van der Waals surface area contributed by atoms with Crippen LogP contribution in [0.4, 0.5) is 10.1 Å². The van der Waals surface area contributed by atoms with Crippen LogP contribution >= 0.6 is 0 Å². The molecule has 1 amide bonds. The zero-order valence-electron chi connectivity index (χ0n) is 18.6. The Bertz CT molecular complexity index is 1380. The van der Waals surface area contributed by atoms with Crippen molar-refractivity contribution in [3.63, 3.8) is 0 Å². The molecule has 7 heteroatoms. The number of nitrogens with zero attached hydrogens (tertiary/aromatic N) is 3. The maximum absolute atomic E-state index is 13.3. The quantitative estimate of drug-likeness (QED) is 0.510. The lowest BCUT2D eigenvalue weighted by Crippen LogP contribution is -2.25. The van der Waals surface area contributed by atoms with Crippen LogP contribution in [0.25, 0.3) is 16.7 Å². The van der Waals surface area contributed by atoms with Crippen LogP contribution in [-0.2, 0) is 18.3 Å². The van der Waals surface area contributed by atoms with Crippen LogP contribution < -0.4 is 10.9 Å². The standard InChI is InChI=1S/C25H25FN4O2/c1-15-8-10-20(11-9-15)30-24-23(17(3)28-30)16(2)21(25(32)29(24)4)12-13-22(31)27-19-7-5-6-18(26)14-19/h5-11,14H,12-13H2,1-4H3,(H,27,31). The lowest BCUT2D eigenvalue weighted by Gasteiger charge is -2.13. The third-order valence-electron chi connectivity index (χ3n) is 5.73. The van der Waals surface area contributed by atoms with E-state index in [2.05, 4.69) is 5.32 Å². The van der Waals surface area contributed by atoms with Gasteiger partial charge in [-0.3, -0.25) is 14.2 Å². The molecule has 6 nitrogen and oxygen atoms in total. The summed E-state index contributed by atoms with van der Waals surface area (Å²) in [6.45, 7) is 5.84. The average molecular weight is 432 g/mol. The minimum Gasteiger partial charge on any atom is -0.326 e. The Balaban J connectivity index is 1.68. The Morgan fingerprint density at radius 2 is 1.81 bits per heavy atom. The van der Waals surface area contributed by atoms with Gasteiger partial charge in [-0.15, -0.1) is 0 Å². The largest absolute Gasteiger partial charge is 0.326 e. The zero-order valence-corrected chi connectivity index (χ0v) is 18.6. The number of halogens is 1. The predicted octanol–water partition coefficient (Wildman–Crippen LogP) is 4.36.